The van der Waals surface area contributed by atoms with Gasteiger partial charge in [-0.1, -0.05) is 18.5 Å². The number of aliphatic hydroxyl groups is 1. The maximum Gasteiger partial charge on any atom is 0.0940 e. The molecule has 4 nitrogen and oxygen atoms in total. The minimum atomic E-state index is -0.549. The average Bonchev–Trinajstić information content (AvgIpc) is 2.66. The number of methoxy groups -OCH3 is 1. The Morgan fingerprint density at radius 3 is 2.55 bits per heavy atom. The Labute approximate surface area is 126 Å². The smallest absolute Gasteiger partial charge is 0.0940 e. The summed E-state index contributed by atoms with van der Waals surface area (Å²) in [5.41, 5.74) is 1.25. The van der Waals surface area contributed by atoms with E-state index in [-0.39, 0.29) is 0 Å². The summed E-state index contributed by atoms with van der Waals surface area (Å²) in [4.78, 5) is 0. The molecule has 1 aromatic rings. The molecule has 0 spiro atoms. The van der Waals surface area contributed by atoms with E-state index in [1.54, 1.807) is 11.8 Å². The van der Waals surface area contributed by atoms with Crippen molar-refractivity contribution in [1.82, 2.24) is 9.78 Å². The summed E-state index contributed by atoms with van der Waals surface area (Å²) in [5.74, 6) is 0.716. The predicted molar refractivity (Wildman–Crippen MR) is 80.0 cm³/mol. The van der Waals surface area contributed by atoms with Crippen LogP contribution >= 0.6 is 11.6 Å². The summed E-state index contributed by atoms with van der Waals surface area (Å²) in [6, 6.07) is 0. The van der Waals surface area contributed by atoms with E-state index in [1.807, 2.05) is 14.0 Å². The third-order valence-corrected chi connectivity index (χ3v) is 5.27. The zero-order valence-corrected chi connectivity index (χ0v) is 13.6. The van der Waals surface area contributed by atoms with Gasteiger partial charge in [0.2, 0.25) is 0 Å². The van der Waals surface area contributed by atoms with E-state index in [9.17, 15) is 5.11 Å². The van der Waals surface area contributed by atoms with Crippen LogP contribution in [0.25, 0.3) is 0 Å². The highest BCUT2D eigenvalue weighted by Crippen LogP contribution is 2.38. The number of aryl methyl sites for hydroxylation is 2. The third kappa shape index (κ3) is 2.87. The van der Waals surface area contributed by atoms with Gasteiger partial charge in [-0.3, -0.25) is 4.68 Å². The highest BCUT2D eigenvalue weighted by molar-refractivity contribution is 6.31. The van der Waals surface area contributed by atoms with Crippen LogP contribution in [-0.4, -0.2) is 33.7 Å². The van der Waals surface area contributed by atoms with Gasteiger partial charge in [-0.15, -0.1) is 0 Å². The molecule has 1 atom stereocenters. The molecule has 0 amide bonds. The van der Waals surface area contributed by atoms with Crippen LogP contribution in [0, 0.1) is 12.8 Å². The van der Waals surface area contributed by atoms with Crippen molar-refractivity contribution in [3.8, 4) is 0 Å². The predicted octanol–water partition coefficient (Wildman–Crippen LogP) is 2.88. The maximum absolute atomic E-state index is 10.7. The molecule has 1 N–H and O–H groups in total. The van der Waals surface area contributed by atoms with Crippen molar-refractivity contribution >= 4 is 11.6 Å². The molecule has 0 bridgehead atoms. The summed E-state index contributed by atoms with van der Waals surface area (Å²) in [5, 5.41) is 15.7. The van der Waals surface area contributed by atoms with Crippen molar-refractivity contribution < 1.29 is 9.84 Å². The summed E-state index contributed by atoms with van der Waals surface area (Å²) in [7, 11) is 3.57. The Kier molecular flexibility index (Phi) is 4.77. The minimum Gasteiger partial charge on any atom is -0.390 e. The highest BCUT2D eigenvalue weighted by atomic mass is 35.5. The Hall–Kier alpha value is -0.580. The van der Waals surface area contributed by atoms with Gasteiger partial charge in [0.05, 0.1) is 28.1 Å². The number of aliphatic hydroxyl groups excluding tert-OH is 1. The first kappa shape index (κ1) is 15.8. The van der Waals surface area contributed by atoms with Crippen LogP contribution in [0.3, 0.4) is 0 Å². The first-order chi connectivity index (χ1) is 9.39. The van der Waals surface area contributed by atoms with E-state index in [2.05, 4.69) is 12.0 Å². The molecule has 5 heteroatoms. The van der Waals surface area contributed by atoms with E-state index in [1.165, 1.54) is 0 Å². The van der Waals surface area contributed by atoms with Gasteiger partial charge < -0.3 is 9.84 Å². The monoisotopic (exact) mass is 300 g/mol. The number of ether oxygens (including phenoxy) is 1. The molecule has 1 aliphatic rings. The zero-order valence-electron chi connectivity index (χ0n) is 12.8. The quantitative estimate of drug-likeness (QED) is 0.930. The van der Waals surface area contributed by atoms with E-state index in [0.717, 1.165) is 37.1 Å². The normalized spacial score (nSPS) is 28.6. The number of hydrogen-bond acceptors (Lipinski definition) is 3. The van der Waals surface area contributed by atoms with Crippen LogP contribution < -0.4 is 0 Å². The molecular formula is C15H25ClN2O2. The van der Waals surface area contributed by atoms with Crippen molar-refractivity contribution in [3.63, 3.8) is 0 Å². The molecule has 0 radical (unpaired) electrons. The van der Waals surface area contributed by atoms with Crippen molar-refractivity contribution in [2.75, 3.05) is 7.11 Å². The standard InChI is InChI=1S/C15H25ClN2O2/c1-10-5-7-15(20-4,8-6-10)13(19)9-12-14(16)11(2)17-18(12)3/h10,13,19H,5-9H2,1-4H3. The van der Waals surface area contributed by atoms with Crippen LogP contribution in [0.2, 0.25) is 5.02 Å². The van der Waals surface area contributed by atoms with E-state index in [0.29, 0.717) is 17.4 Å². The second-order valence-electron chi connectivity index (χ2n) is 6.14. The molecule has 114 valence electrons. The Balaban J connectivity index is 2.15. The number of hydrogen-bond donors (Lipinski definition) is 1. The largest absolute Gasteiger partial charge is 0.390 e. The van der Waals surface area contributed by atoms with Gasteiger partial charge >= 0.3 is 0 Å². The van der Waals surface area contributed by atoms with Crippen LogP contribution in [0.15, 0.2) is 0 Å². The van der Waals surface area contributed by atoms with Crippen molar-refractivity contribution in [2.45, 2.75) is 57.7 Å². The fourth-order valence-corrected chi connectivity index (χ4v) is 3.43. The average molecular weight is 301 g/mol. The molecular weight excluding hydrogens is 276 g/mol. The second-order valence-corrected chi connectivity index (χ2v) is 6.52. The molecule has 1 heterocycles. The topological polar surface area (TPSA) is 47.3 Å². The van der Waals surface area contributed by atoms with E-state index < -0.39 is 11.7 Å². The van der Waals surface area contributed by atoms with Crippen LogP contribution in [0.1, 0.15) is 44.0 Å². The first-order valence-corrected chi connectivity index (χ1v) is 7.68. The summed E-state index contributed by atoms with van der Waals surface area (Å²) in [6.45, 7) is 4.14. The minimum absolute atomic E-state index is 0.436. The molecule has 1 saturated carbocycles. The number of rotatable bonds is 4. The lowest BCUT2D eigenvalue weighted by atomic mass is 9.75. The summed E-state index contributed by atoms with van der Waals surface area (Å²) in [6.07, 6.45) is 3.94. The summed E-state index contributed by atoms with van der Waals surface area (Å²) >= 11 is 6.27. The number of aromatic nitrogens is 2. The number of nitrogens with zero attached hydrogens (tertiary/aromatic N) is 2. The molecule has 0 aliphatic heterocycles. The van der Waals surface area contributed by atoms with Crippen LogP contribution in [0.5, 0.6) is 0 Å². The molecule has 1 aliphatic carbocycles. The Morgan fingerprint density at radius 1 is 1.50 bits per heavy atom. The van der Waals surface area contributed by atoms with Crippen molar-refractivity contribution in [3.05, 3.63) is 16.4 Å². The molecule has 1 unspecified atom stereocenters. The van der Waals surface area contributed by atoms with Gasteiger partial charge in [0, 0.05) is 20.6 Å². The van der Waals surface area contributed by atoms with Gasteiger partial charge in [-0.05, 0) is 38.5 Å². The molecule has 1 fully saturated rings. The Morgan fingerprint density at radius 2 is 2.10 bits per heavy atom. The third-order valence-electron chi connectivity index (χ3n) is 4.78. The molecule has 2 rings (SSSR count). The first-order valence-electron chi connectivity index (χ1n) is 7.31. The lowest BCUT2D eigenvalue weighted by Gasteiger charge is -2.41. The fourth-order valence-electron chi connectivity index (χ4n) is 3.20. The second kappa shape index (κ2) is 6.04. The molecule has 0 aromatic carbocycles. The molecule has 0 saturated heterocycles. The Bertz CT molecular complexity index is 465. The van der Waals surface area contributed by atoms with Crippen molar-refractivity contribution in [1.29, 1.82) is 0 Å². The highest BCUT2D eigenvalue weighted by Gasteiger charge is 2.41. The fraction of sp³-hybridized carbons (Fsp3) is 0.800. The summed E-state index contributed by atoms with van der Waals surface area (Å²) < 4.78 is 7.48. The number of halogens is 1. The van der Waals surface area contributed by atoms with Crippen molar-refractivity contribution in [2.24, 2.45) is 13.0 Å². The SMILES string of the molecule is COC1(C(O)Cc2c(Cl)c(C)nn2C)CCC(C)CC1. The van der Waals surface area contributed by atoms with Gasteiger partial charge in [0.1, 0.15) is 0 Å². The lowest BCUT2D eigenvalue weighted by Crippen LogP contribution is -2.48. The maximum atomic E-state index is 10.7. The lowest BCUT2D eigenvalue weighted by molar-refractivity contribution is -0.127. The van der Waals surface area contributed by atoms with Crippen LogP contribution in [-0.2, 0) is 18.2 Å². The van der Waals surface area contributed by atoms with E-state index in [4.69, 9.17) is 16.3 Å². The van der Waals surface area contributed by atoms with Crippen LogP contribution in [0.4, 0.5) is 0 Å². The zero-order chi connectivity index (χ0) is 14.9. The molecule has 20 heavy (non-hydrogen) atoms. The van der Waals surface area contributed by atoms with Gasteiger partial charge in [0.15, 0.2) is 0 Å². The molecule has 1 aromatic heterocycles. The van der Waals surface area contributed by atoms with Gasteiger partial charge in [-0.25, -0.2) is 0 Å². The van der Waals surface area contributed by atoms with Gasteiger partial charge in [-0.2, -0.15) is 5.10 Å². The van der Waals surface area contributed by atoms with E-state index >= 15 is 0 Å². The van der Waals surface area contributed by atoms with Gasteiger partial charge in [0.25, 0.3) is 0 Å².